The van der Waals surface area contributed by atoms with Crippen molar-refractivity contribution in [3.8, 4) is 0 Å². The van der Waals surface area contributed by atoms with Gasteiger partial charge in [-0.25, -0.2) is 0 Å². The molecule has 5 nitrogen and oxygen atoms in total. The smallest absolute Gasteiger partial charge is 0.139 e. The molecule has 23 heavy (non-hydrogen) atoms. The number of carbonyl (C=O) groups is 1. The SMILES string of the molecule is CC(C)(OCC1CO1)C1CCC(C(C)(C)OCC2CO2)C(=O)C1. The van der Waals surface area contributed by atoms with Gasteiger partial charge in [-0.05, 0) is 46.5 Å². The quantitative estimate of drug-likeness (QED) is 0.641. The molecule has 0 radical (unpaired) electrons. The summed E-state index contributed by atoms with van der Waals surface area (Å²) in [5, 5.41) is 0. The van der Waals surface area contributed by atoms with Gasteiger partial charge in [-0.1, -0.05) is 0 Å². The van der Waals surface area contributed by atoms with E-state index in [1.807, 2.05) is 13.8 Å². The maximum absolute atomic E-state index is 12.7. The second-order valence-corrected chi connectivity index (χ2v) is 8.24. The highest BCUT2D eigenvalue weighted by molar-refractivity contribution is 5.83. The van der Waals surface area contributed by atoms with Crippen molar-refractivity contribution in [2.45, 2.75) is 70.4 Å². The standard InChI is InChI=1S/C18H30O5/c1-17(2,22-10-13-8-20-13)12-5-6-15(16(19)7-12)18(3,4)23-11-14-9-21-14/h12-15H,5-11H2,1-4H3. The lowest BCUT2D eigenvalue weighted by molar-refractivity contribution is -0.148. The Morgan fingerprint density at radius 2 is 1.48 bits per heavy atom. The Hall–Kier alpha value is -0.490. The van der Waals surface area contributed by atoms with Gasteiger partial charge in [0.15, 0.2) is 0 Å². The molecule has 0 aromatic heterocycles. The van der Waals surface area contributed by atoms with Gasteiger partial charge in [-0.15, -0.1) is 0 Å². The van der Waals surface area contributed by atoms with E-state index in [2.05, 4.69) is 13.8 Å². The van der Waals surface area contributed by atoms with Crippen LogP contribution in [-0.2, 0) is 23.7 Å². The van der Waals surface area contributed by atoms with E-state index >= 15 is 0 Å². The summed E-state index contributed by atoms with van der Waals surface area (Å²) in [6.07, 6.45) is 2.95. The third-order valence-electron chi connectivity index (χ3n) is 5.55. The van der Waals surface area contributed by atoms with Crippen molar-refractivity contribution in [3.63, 3.8) is 0 Å². The Morgan fingerprint density at radius 3 is 1.96 bits per heavy atom. The number of epoxide rings is 2. The molecule has 0 N–H and O–H groups in total. The zero-order valence-electron chi connectivity index (χ0n) is 14.8. The summed E-state index contributed by atoms with van der Waals surface area (Å²) in [6, 6.07) is 0. The molecule has 1 saturated carbocycles. The van der Waals surface area contributed by atoms with Crippen LogP contribution < -0.4 is 0 Å². The summed E-state index contributed by atoms with van der Waals surface area (Å²) < 4.78 is 22.4. The first kappa shape index (κ1) is 17.3. The monoisotopic (exact) mass is 326 g/mol. The van der Waals surface area contributed by atoms with Gasteiger partial charge in [0.05, 0.1) is 37.6 Å². The maximum atomic E-state index is 12.7. The Morgan fingerprint density at radius 1 is 0.957 bits per heavy atom. The first-order chi connectivity index (χ1) is 10.8. The third-order valence-corrected chi connectivity index (χ3v) is 5.55. The summed E-state index contributed by atoms with van der Waals surface area (Å²) in [5.74, 6) is 0.551. The average Bonchev–Trinajstić information content (AvgIpc) is 3.37. The summed E-state index contributed by atoms with van der Waals surface area (Å²) in [5.41, 5.74) is -0.694. The van der Waals surface area contributed by atoms with Gasteiger partial charge in [0.2, 0.25) is 0 Å². The van der Waals surface area contributed by atoms with Gasteiger partial charge in [0.25, 0.3) is 0 Å². The van der Waals surface area contributed by atoms with Crippen LogP contribution in [0.15, 0.2) is 0 Å². The van der Waals surface area contributed by atoms with Gasteiger partial charge in [-0.3, -0.25) is 4.79 Å². The number of hydrogen-bond donors (Lipinski definition) is 0. The molecule has 0 amide bonds. The minimum atomic E-state index is -0.416. The van der Waals surface area contributed by atoms with E-state index in [0.717, 1.165) is 26.1 Å². The van der Waals surface area contributed by atoms with Crippen molar-refractivity contribution in [3.05, 3.63) is 0 Å². The van der Waals surface area contributed by atoms with E-state index < -0.39 is 5.60 Å². The van der Waals surface area contributed by atoms with Gasteiger partial charge >= 0.3 is 0 Å². The van der Waals surface area contributed by atoms with E-state index in [1.54, 1.807) is 0 Å². The first-order valence-electron chi connectivity index (χ1n) is 8.82. The number of ketones is 1. The maximum Gasteiger partial charge on any atom is 0.139 e. The second-order valence-electron chi connectivity index (χ2n) is 8.24. The van der Waals surface area contributed by atoms with E-state index in [0.29, 0.717) is 25.4 Å². The van der Waals surface area contributed by atoms with Gasteiger partial charge in [0, 0.05) is 12.3 Å². The molecule has 5 heteroatoms. The van der Waals surface area contributed by atoms with Crippen LogP contribution in [0.3, 0.4) is 0 Å². The lowest BCUT2D eigenvalue weighted by Crippen LogP contribution is -2.47. The lowest BCUT2D eigenvalue weighted by Gasteiger charge is -2.42. The average molecular weight is 326 g/mol. The Kier molecular flexibility index (Phi) is 4.85. The van der Waals surface area contributed by atoms with Gasteiger partial charge in [-0.2, -0.15) is 0 Å². The van der Waals surface area contributed by atoms with Crippen molar-refractivity contribution in [2.75, 3.05) is 26.4 Å². The molecule has 2 saturated heterocycles. The molecule has 4 atom stereocenters. The molecule has 3 rings (SSSR count). The largest absolute Gasteiger partial charge is 0.372 e. The number of hydrogen-bond acceptors (Lipinski definition) is 5. The first-order valence-corrected chi connectivity index (χ1v) is 8.82. The van der Waals surface area contributed by atoms with Crippen molar-refractivity contribution >= 4 is 5.78 Å². The molecule has 3 fully saturated rings. The zero-order chi connectivity index (χ0) is 16.7. The van der Waals surface area contributed by atoms with E-state index in [1.165, 1.54) is 0 Å². The molecule has 0 bridgehead atoms. The lowest BCUT2D eigenvalue weighted by atomic mass is 9.69. The molecule has 2 aliphatic heterocycles. The van der Waals surface area contributed by atoms with E-state index in [-0.39, 0.29) is 29.6 Å². The number of ether oxygens (including phenoxy) is 4. The topological polar surface area (TPSA) is 60.6 Å². The van der Waals surface area contributed by atoms with Crippen molar-refractivity contribution in [1.29, 1.82) is 0 Å². The van der Waals surface area contributed by atoms with Crippen LogP contribution in [-0.4, -0.2) is 55.6 Å². The molecular formula is C18H30O5. The molecule has 0 aromatic rings. The third kappa shape index (κ3) is 4.53. The summed E-state index contributed by atoms with van der Waals surface area (Å²) in [4.78, 5) is 12.7. The summed E-state index contributed by atoms with van der Waals surface area (Å²) in [7, 11) is 0. The predicted octanol–water partition coefficient (Wildman–Crippen LogP) is 2.36. The van der Waals surface area contributed by atoms with Crippen molar-refractivity contribution in [1.82, 2.24) is 0 Å². The fourth-order valence-corrected chi connectivity index (χ4v) is 3.51. The molecule has 4 unspecified atom stereocenters. The molecule has 3 aliphatic rings. The summed E-state index contributed by atoms with van der Waals surface area (Å²) in [6.45, 7) is 11.1. The Balaban J connectivity index is 1.51. The number of Topliss-reactive ketones (excluding diaryl/α,β-unsaturated/α-hetero) is 1. The van der Waals surface area contributed by atoms with Crippen molar-refractivity contribution in [2.24, 2.45) is 11.8 Å². The second kappa shape index (κ2) is 6.43. The highest BCUT2D eigenvalue weighted by atomic mass is 16.6. The van der Waals surface area contributed by atoms with Crippen LogP contribution in [0, 0.1) is 11.8 Å². The minimum Gasteiger partial charge on any atom is -0.372 e. The van der Waals surface area contributed by atoms with E-state index in [9.17, 15) is 4.79 Å². The van der Waals surface area contributed by atoms with Crippen LogP contribution >= 0.6 is 0 Å². The van der Waals surface area contributed by atoms with Crippen LogP contribution in [0.5, 0.6) is 0 Å². The van der Waals surface area contributed by atoms with Crippen molar-refractivity contribution < 1.29 is 23.7 Å². The zero-order valence-corrected chi connectivity index (χ0v) is 14.8. The van der Waals surface area contributed by atoms with Crippen LogP contribution in [0.1, 0.15) is 47.0 Å². The molecule has 0 spiro atoms. The van der Waals surface area contributed by atoms with Gasteiger partial charge < -0.3 is 18.9 Å². The van der Waals surface area contributed by atoms with Crippen LogP contribution in [0.25, 0.3) is 0 Å². The Bertz CT molecular complexity index is 437. The van der Waals surface area contributed by atoms with E-state index in [4.69, 9.17) is 18.9 Å². The Labute approximate surface area is 139 Å². The fourth-order valence-electron chi connectivity index (χ4n) is 3.51. The highest BCUT2D eigenvalue weighted by Gasteiger charge is 2.45. The fraction of sp³-hybridized carbons (Fsp3) is 0.944. The molecule has 132 valence electrons. The normalized spacial score (nSPS) is 34.5. The highest BCUT2D eigenvalue weighted by Crippen LogP contribution is 2.40. The summed E-state index contributed by atoms with van der Waals surface area (Å²) >= 11 is 0. The molecule has 1 aliphatic carbocycles. The van der Waals surface area contributed by atoms with Crippen LogP contribution in [0.2, 0.25) is 0 Å². The number of carbonyl (C=O) groups excluding carboxylic acids is 1. The molecule has 0 aromatic carbocycles. The van der Waals surface area contributed by atoms with Gasteiger partial charge in [0.1, 0.15) is 18.0 Å². The predicted molar refractivity (Wildman–Crippen MR) is 85.4 cm³/mol. The number of rotatable bonds is 8. The molecule has 2 heterocycles. The minimum absolute atomic E-state index is 0.0277. The van der Waals surface area contributed by atoms with Crippen LogP contribution in [0.4, 0.5) is 0 Å². The molecular weight excluding hydrogens is 296 g/mol.